The van der Waals surface area contributed by atoms with Crippen LogP contribution in [0.3, 0.4) is 0 Å². The van der Waals surface area contributed by atoms with Crippen LogP contribution >= 0.6 is 0 Å². The highest BCUT2D eigenvalue weighted by molar-refractivity contribution is 7.92. The molecular formula is C31H39N3O4S. The number of hydrogen-bond donors (Lipinski definition) is 1. The number of hydrogen-bond acceptors (Lipinski definition) is 4. The van der Waals surface area contributed by atoms with Crippen LogP contribution in [0.15, 0.2) is 77.7 Å². The molecule has 7 nitrogen and oxygen atoms in total. The minimum atomic E-state index is -4.09. The van der Waals surface area contributed by atoms with Gasteiger partial charge >= 0.3 is 0 Å². The van der Waals surface area contributed by atoms with Gasteiger partial charge in [0.25, 0.3) is 10.0 Å². The first-order valence-electron chi connectivity index (χ1n) is 13.0. The maximum atomic E-state index is 14.0. The third-order valence-corrected chi connectivity index (χ3v) is 8.33. The summed E-state index contributed by atoms with van der Waals surface area (Å²) in [5.41, 5.74) is 3.47. The van der Waals surface area contributed by atoms with Crippen LogP contribution in [0.4, 0.5) is 5.69 Å². The van der Waals surface area contributed by atoms with Gasteiger partial charge in [0.2, 0.25) is 11.8 Å². The highest BCUT2D eigenvalue weighted by Gasteiger charge is 2.34. The Morgan fingerprint density at radius 1 is 0.897 bits per heavy atom. The lowest BCUT2D eigenvalue weighted by Gasteiger charge is -2.34. The SMILES string of the molecule is Cc1cccc(CN(C(=O)CN(c2cccc(C)c2C)S(=O)(=O)c2ccccc2)[C@@H](C)C(=O)NC(C)(C)C)c1. The fourth-order valence-corrected chi connectivity index (χ4v) is 5.80. The van der Waals surface area contributed by atoms with E-state index >= 15 is 0 Å². The Morgan fingerprint density at radius 3 is 2.15 bits per heavy atom. The molecule has 0 unspecified atom stereocenters. The smallest absolute Gasteiger partial charge is 0.264 e. The zero-order valence-corrected chi connectivity index (χ0v) is 24.7. The lowest BCUT2D eigenvalue weighted by molar-refractivity contribution is -0.140. The fourth-order valence-electron chi connectivity index (χ4n) is 4.30. The van der Waals surface area contributed by atoms with Crippen LogP contribution in [-0.2, 0) is 26.2 Å². The number of nitrogens with one attached hydrogen (secondary N) is 1. The van der Waals surface area contributed by atoms with Gasteiger partial charge in [0.1, 0.15) is 12.6 Å². The van der Waals surface area contributed by atoms with Gasteiger partial charge in [-0.1, -0.05) is 60.2 Å². The molecule has 0 heterocycles. The van der Waals surface area contributed by atoms with Crippen molar-refractivity contribution in [2.45, 2.75) is 71.5 Å². The zero-order valence-electron chi connectivity index (χ0n) is 23.9. The van der Waals surface area contributed by atoms with Crippen molar-refractivity contribution >= 4 is 27.5 Å². The van der Waals surface area contributed by atoms with Crippen LogP contribution in [0.5, 0.6) is 0 Å². The molecule has 8 heteroatoms. The lowest BCUT2D eigenvalue weighted by atomic mass is 10.1. The number of benzene rings is 3. The molecule has 3 aromatic rings. The molecule has 0 aromatic heterocycles. The van der Waals surface area contributed by atoms with E-state index in [4.69, 9.17) is 0 Å². The van der Waals surface area contributed by atoms with Gasteiger partial charge in [-0.2, -0.15) is 0 Å². The van der Waals surface area contributed by atoms with Crippen molar-refractivity contribution in [1.29, 1.82) is 0 Å². The Hall–Kier alpha value is -3.65. The van der Waals surface area contributed by atoms with Crippen molar-refractivity contribution < 1.29 is 18.0 Å². The molecule has 0 spiro atoms. The van der Waals surface area contributed by atoms with Crippen LogP contribution < -0.4 is 9.62 Å². The quantitative estimate of drug-likeness (QED) is 0.401. The molecule has 0 aliphatic carbocycles. The van der Waals surface area contributed by atoms with Crippen LogP contribution in [0.2, 0.25) is 0 Å². The molecule has 1 N–H and O–H groups in total. The summed E-state index contributed by atoms with van der Waals surface area (Å²) in [4.78, 5) is 28.8. The van der Waals surface area contributed by atoms with Crippen LogP contribution in [0.25, 0.3) is 0 Å². The molecule has 0 fully saturated rings. The van der Waals surface area contributed by atoms with Gasteiger partial charge in [0, 0.05) is 12.1 Å². The number of nitrogens with zero attached hydrogens (tertiary/aromatic N) is 2. The summed E-state index contributed by atoms with van der Waals surface area (Å²) < 4.78 is 29.0. The van der Waals surface area contributed by atoms with Crippen molar-refractivity contribution in [2.24, 2.45) is 0 Å². The number of amides is 2. The van der Waals surface area contributed by atoms with Crippen molar-refractivity contribution in [3.8, 4) is 0 Å². The summed E-state index contributed by atoms with van der Waals surface area (Å²) in [6.07, 6.45) is 0. The van der Waals surface area contributed by atoms with Crippen molar-refractivity contribution in [1.82, 2.24) is 10.2 Å². The summed E-state index contributed by atoms with van der Waals surface area (Å²) in [7, 11) is -4.09. The molecular weight excluding hydrogens is 510 g/mol. The van der Waals surface area contributed by atoms with Gasteiger partial charge in [-0.25, -0.2) is 8.42 Å². The molecule has 2 amide bonds. The van der Waals surface area contributed by atoms with Gasteiger partial charge in [0.15, 0.2) is 0 Å². The van der Waals surface area contributed by atoms with E-state index in [-0.39, 0.29) is 17.3 Å². The third-order valence-electron chi connectivity index (χ3n) is 6.56. The molecule has 1 atom stereocenters. The van der Waals surface area contributed by atoms with Gasteiger partial charge < -0.3 is 10.2 Å². The second kappa shape index (κ2) is 12.0. The van der Waals surface area contributed by atoms with E-state index in [1.54, 1.807) is 37.3 Å². The normalized spacial score (nSPS) is 12.5. The topological polar surface area (TPSA) is 86.8 Å². The first-order chi connectivity index (χ1) is 18.2. The summed E-state index contributed by atoms with van der Waals surface area (Å²) in [5.74, 6) is -0.791. The summed E-state index contributed by atoms with van der Waals surface area (Å²) in [5, 5.41) is 2.94. The van der Waals surface area contributed by atoms with E-state index in [0.717, 1.165) is 26.6 Å². The standard InChI is InChI=1S/C31H39N3O4S/c1-22-13-11-15-26(19-22)20-33(25(4)30(36)32-31(5,6)7)29(35)21-34(28-18-12-14-23(2)24(28)3)39(37,38)27-16-9-8-10-17-27/h8-19,25H,20-21H2,1-7H3,(H,32,36)/t25-/m0/s1. The fraction of sp³-hybridized carbons (Fsp3) is 0.355. The van der Waals surface area contributed by atoms with E-state index in [2.05, 4.69) is 5.32 Å². The number of anilines is 1. The Kier molecular flexibility index (Phi) is 9.22. The molecule has 0 bridgehead atoms. The molecule has 0 saturated carbocycles. The number of rotatable bonds is 9. The van der Waals surface area contributed by atoms with Crippen LogP contribution in [-0.4, -0.2) is 43.3 Å². The van der Waals surface area contributed by atoms with Crippen molar-refractivity contribution in [3.63, 3.8) is 0 Å². The minimum Gasteiger partial charge on any atom is -0.350 e. The monoisotopic (exact) mass is 549 g/mol. The van der Waals surface area contributed by atoms with Crippen LogP contribution in [0, 0.1) is 20.8 Å². The Morgan fingerprint density at radius 2 is 1.54 bits per heavy atom. The Balaban J connectivity index is 2.07. The summed E-state index contributed by atoms with van der Waals surface area (Å²) in [6.45, 7) is 12.7. The van der Waals surface area contributed by atoms with E-state index in [9.17, 15) is 18.0 Å². The third kappa shape index (κ3) is 7.47. The van der Waals surface area contributed by atoms with Gasteiger partial charge in [0.05, 0.1) is 10.6 Å². The van der Waals surface area contributed by atoms with Gasteiger partial charge in [-0.15, -0.1) is 0 Å². The van der Waals surface area contributed by atoms with Gasteiger partial charge in [-0.05, 0) is 83.4 Å². The second-order valence-corrected chi connectivity index (χ2v) is 12.8. The highest BCUT2D eigenvalue weighted by atomic mass is 32.2. The van der Waals surface area contributed by atoms with E-state index in [0.29, 0.717) is 5.69 Å². The molecule has 39 heavy (non-hydrogen) atoms. The average molecular weight is 550 g/mol. The molecule has 0 saturated heterocycles. The molecule has 0 aliphatic rings. The number of carbonyl (C=O) groups is 2. The molecule has 0 radical (unpaired) electrons. The zero-order chi connectivity index (χ0) is 29.0. The second-order valence-electron chi connectivity index (χ2n) is 11.0. The molecule has 0 aliphatic heterocycles. The predicted octanol–water partition coefficient (Wildman–Crippen LogP) is 5.14. The first kappa shape index (κ1) is 29.9. The lowest BCUT2D eigenvalue weighted by Crippen LogP contribution is -2.54. The van der Waals surface area contributed by atoms with Crippen molar-refractivity contribution in [3.05, 3.63) is 95.1 Å². The maximum absolute atomic E-state index is 14.0. The summed E-state index contributed by atoms with van der Waals surface area (Å²) in [6, 6.07) is 20.3. The van der Waals surface area contributed by atoms with E-state index < -0.39 is 34.1 Å². The number of carbonyl (C=O) groups excluding carboxylic acids is 2. The molecule has 3 aromatic carbocycles. The molecule has 208 valence electrons. The first-order valence-corrected chi connectivity index (χ1v) is 14.5. The molecule has 3 rings (SSSR count). The van der Waals surface area contributed by atoms with E-state index in [1.165, 1.54) is 17.0 Å². The Bertz CT molecular complexity index is 1430. The van der Waals surface area contributed by atoms with Crippen molar-refractivity contribution in [2.75, 3.05) is 10.8 Å². The average Bonchev–Trinajstić information content (AvgIpc) is 2.86. The summed E-state index contributed by atoms with van der Waals surface area (Å²) >= 11 is 0. The largest absolute Gasteiger partial charge is 0.350 e. The predicted molar refractivity (Wildman–Crippen MR) is 156 cm³/mol. The van der Waals surface area contributed by atoms with Gasteiger partial charge in [-0.3, -0.25) is 13.9 Å². The van der Waals surface area contributed by atoms with Crippen LogP contribution in [0.1, 0.15) is 49.9 Å². The minimum absolute atomic E-state index is 0.0856. The number of aryl methyl sites for hydroxylation is 2. The highest BCUT2D eigenvalue weighted by Crippen LogP contribution is 2.29. The number of sulfonamides is 1. The van der Waals surface area contributed by atoms with E-state index in [1.807, 2.05) is 71.9 Å². The Labute approximate surface area is 232 Å². The maximum Gasteiger partial charge on any atom is 0.264 e.